The Morgan fingerprint density at radius 2 is 1.85 bits per heavy atom. The monoisotopic (exact) mass is 556 g/mol. The van der Waals surface area contributed by atoms with Crippen LogP contribution in [0.5, 0.6) is 11.5 Å². The van der Waals surface area contributed by atoms with Crippen molar-refractivity contribution in [2.75, 3.05) is 27.4 Å². The first-order chi connectivity index (χ1) is 19.9. The molecule has 1 unspecified atom stereocenters. The number of aromatic nitrogens is 3. The fraction of sp³-hybridized carbons (Fsp3) is 0.375. The van der Waals surface area contributed by atoms with Gasteiger partial charge in [0.15, 0.2) is 0 Å². The van der Waals surface area contributed by atoms with Gasteiger partial charge in [-0.05, 0) is 71.8 Å². The highest BCUT2D eigenvalue weighted by atomic mass is 16.5. The van der Waals surface area contributed by atoms with Gasteiger partial charge in [-0.25, -0.2) is 4.68 Å². The Morgan fingerprint density at radius 3 is 2.59 bits per heavy atom. The summed E-state index contributed by atoms with van der Waals surface area (Å²) in [5, 5.41) is 8.47. The first-order valence-electron chi connectivity index (χ1n) is 14.0. The molecule has 1 atom stereocenters. The van der Waals surface area contributed by atoms with Crippen molar-refractivity contribution >= 4 is 22.9 Å². The van der Waals surface area contributed by atoms with Gasteiger partial charge in [-0.15, -0.1) is 5.10 Å². The molecule has 1 amide bonds. The summed E-state index contributed by atoms with van der Waals surface area (Å²) in [5.41, 5.74) is 6.86. The van der Waals surface area contributed by atoms with Gasteiger partial charge in [-0.1, -0.05) is 35.5 Å². The molecule has 0 fully saturated rings. The van der Waals surface area contributed by atoms with Crippen LogP contribution in [0.1, 0.15) is 53.5 Å². The number of amides is 1. The van der Waals surface area contributed by atoms with Crippen LogP contribution in [0.25, 0.3) is 11.0 Å². The van der Waals surface area contributed by atoms with E-state index >= 15 is 0 Å². The molecule has 0 radical (unpaired) electrons. The summed E-state index contributed by atoms with van der Waals surface area (Å²) >= 11 is 0. The first-order valence-corrected chi connectivity index (χ1v) is 14.0. The van der Waals surface area contributed by atoms with E-state index in [0.717, 1.165) is 33.5 Å². The van der Waals surface area contributed by atoms with Crippen LogP contribution >= 0.6 is 0 Å². The molecular weight excluding hydrogens is 520 g/mol. The van der Waals surface area contributed by atoms with Crippen LogP contribution < -0.4 is 9.47 Å². The lowest BCUT2D eigenvalue weighted by Gasteiger charge is -2.32. The lowest BCUT2D eigenvalue weighted by atomic mass is 9.82. The number of esters is 1. The van der Waals surface area contributed by atoms with E-state index in [1.165, 1.54) is 5.56 Å². The topological polar surface area (TPSA) is 95.8 Å². The average molecular weight is 557 g/mol. The van der Waals surface area contributed by atoms with Gasteiger partial charge in [0.25, 0.3) is 0 Å². The minimum atomic E-state index is -0.264. The average Bonchev–Trinajstić information content (AvgIpc) is 3.38. The number of fused-ring (bicyclic) bond motifs is 2. The van der Waals surface area contributed by atoms with Crippen LogP contribution in [-0.4, -0.2) is 59.1 Å². The van der Waals surface area contributed by atoms with E-state index in [1.807, 2.05) is 61.3 Å². The predicted octanol–water partition coefficient (Wildman–Crippen LogP) is 4.59. The fourth-order valence-corrected chi connectivity index (χ4v) is 5.71. The van der Waals surface area contributed by atoms with Gasteiger partial charge < -0.3 is 19.1 Å². The van der Waals surface area contributed by atoms with Gasteiger partial charge in [-0.3, -0.25) is 9.59 Å². The number of methoxy groups -OCH3 is 2. The Kier molecular flexibility index (Phi) is 8.52. The minimum absolute atomic E-state index is 0.137. The van der Waals surface area contributed by atoms with E-state index in [4.69, 9.17) is 14.2 Å². The summed E-state index contributed by atoms with van der Waals surface area (Å²) in [6.45, 7) is 3.30. The van der Waals surface area contributed by atoms with E-state index in [1.54, 1.807) is 18.9 Å². The molecule has 9 heteroatoms. The Bertz CT molecular complexity index is 1550. The van der Waals surface area contributed by atoms with Gasteiger partial charge in [0.05, 0.1) is 27.2 Å². The SMILES string of the molecule is CCOC(=O)CC(c1cc(OC)c2c(c1)nnn2C)c1cccc2c1CCN(C(=O)CCc1ccc(OC)cc1)C2. The Morgan fingerprint density at radius 1 is 1.05 bits per heavy atom. The minimum Gasteiger partial charge on any atom is -0.497 e. The maximum absolute atomic E-state index is 13.2. The molecule has 0 saturated carbocycles. The molecule has 2 heterocycles. The van der Waals surface area contributed by atoms with Crippen LogP contribution in [0.4, 0.5) is 0 Å². The predicted molar refractivity (Wildman–Crippen MR) is 155 cm³/mol. The molecule has 0 spiro atoms. The fourth-order valence-electron chi connectivity index (χ4n) is 5.71. The van der Waals surface area contributed by atoms with Crippen molar-refractivity contribution in [3.05, 3.63) is 82.4 Å². The third-order valence-electron chi connectivity index (χ3n) is 7.80. The standard InChI is InChI=1S/C32H36N4O5/c1-5-41-31(38)19-27(23-17-28-32(29(18-23)40-4)35(2)34-33-28)26-8-6-7-22-20-36(16-15-25(22)26)30(37)14-11-21-9-12-24(39-3)13-10-21/h6-10,12-13,17-18,27H,5,11,14-16,19-20H2,1-4H3. The molecule has 41 heavy (non-hydrogen) atoms. The molecule has 3 aromatic carbocycles. The number of aryl methyl sites for hydroxylation is 2. The lowest BCUT2D eigenvalue weighted by molar-refractivity contribution is -0.143. The number of hydrogen-bond acceptors (Lipinski definition) is 7. The van der Waals surface area contributed by atoms with Crippen LogP contribution in [0.2, 0.25) is 0 Å². The van der Waals surface area contributed by atoms with E-state index in [2.05, 4.69) is 22.4 Å². The van der Waals surface area contributed by atoms with Crippen LogP contribution in [-0.2, 0) is 40.8 Å². The molecule has 1 aliphatic rings. The molecule has 0 aliphatic carbocycles. The highest BCUT2D eigenvalue weighted by Crippen LogP contribution is 2.38. The Hall–Kier alpha value is -4.40. The van der Waals surface area contributed by atoms with E-state index < -0.39 is 0 Å². The molecular formula is C32H36N4O5. The zero-order chi connectivity index (χ0) is 28.9. The third-order valence-corrected chi connectivity index (χ3v) is 7.80. The van der Waals surface area contributed by atoms with Crippen LogP contribution in [0, 0.1) is 0 Å². The highest BCUT2D eigenvalue weighted by Gasteiger charge is 2.28. The van der Waals surface area contributed by atoms with Gasteiger partial charge in [0.1, 0.15) is 22.5 Å². The number of hydrogen-bond donors (Lipinski definition) is 0. The molecule has 214 valence electrons. The van der Waals surface area contributed by atoms with Gasteiger partial charge >= 0.3 is 5.97 Å². The molecule has 0 bridgehead atoms. The number of nitrogens with zero attached hydrogens (tertiary/aromatic N) is 4. The summed E-state index contributed by atoms with van der Waals surface area (Å²) < 4.78 is 18.0. The van der Waals surface area contributed by atoms with Crippen molar-refractivity contribution in [3.8, 4) is 11.5 Å². The highest BCUT2D eigenvalue weighted by molar-refractivity contribution is 5.83. The number of benzene rings is 3. The zero-order valence-electron chi connectivity index (χ0n) is 24.1. The summed E-state index contributed by atoms with van der Waals surface area (Å²) in [4.78, 5) is 27.9. The summed E-state index contributed by atoms with van der Waals surface area (Å²) in [5.74, 6) is 1.07. The molecule has 4 aromatic rings. The van der Waals surface area contributed by atoms with Gasteiger partial charge in [0.2, 0.25) is 5.91 Å². The van der Waals surface area contributed by atoms with Crippen molar-refractivity contribution in [1.29, 1.82) is 0 Å². The molecule has 0 N–H and O–H groups in total. The van der Waals surface area contributed by atoms with Gasteiger partial charge in [-0.2, -0.15) is 0 Å². The van der Waals surface area contributed by atoms with Crippen LogP contribution in [0.15, 0.2) is 54.6 Å². The maximum Gasteiger partial charge on any atom is 0.306 e. The van der Waals surface area contributed by atoms with Gasteiger partial charge in [0, 0.05) is 32.5 Å². The third kappa shape index (κ3) is 6.04. The summed E-state index contributed by atoms with van der Waals surface area (Å²) in [6, 6.07) is 18.0. The summed E-state index contributed by atoms with van der Waals surface area (Å²) in [7, 11) is 5.09. The molecule has 0 saturated heterocycles. The van der Waals surface area contributed by atoms with Crippen LogP contribution in [0.3, 0.4) is 0 Å². The quantitative estimate of drug-likeness (QED) is 0.264. The second-order valence-electron chi connectivity index (χ2n) is 10.3. The normalized spacial score (nSPS) is 13.5. The van der Waals surface area contributed by atoms with Crippen molar-refractivity contribution in [1.82, 2.24) is 19.9 Å². The number of rotatable bonds is 10. The molecule has 1 aliphatic heterocycles. The van der Waals surface area contributed by atoms with Crippen molar-refractivity contribution in [2.24, 2.45) is 7.05 Å². The number of carbonyl (C=O) groups is 2. The van der Waals surface area contributed by atoms with E-state index in [0.29, 0.717) is 50.2 Å². The van der Waals surface area contributed by atoms with E-state index in [-0.39, 0.29) is 24.2 Å². The summed E-state index contributed by atoms with van der Waals surface area (Å²) in [6.07, 6.45) is 2.03. The number of carbonyl (C=O) groups excluding carboxylic acids is 2. The second-order valence-corrected chi connectivity index (χ2v) is 10.3. The molecule has 9 nitrogen and oxygen atoms in total. The van der Waals surface area contributed by atoms with Crippen molar-refractivity contribution < 1.29 is 23.8 Å². The smallest absolute Gasteiger partial charge is 0.306 e. The number of ether oxygens (including phenoxy) is 3. The largest absolute Gasteiger partial charge is 0.497 e. The Balaban J connectivity index is 1.41. The molecule has 5 rings (SSSR count). The maximum atomic E-state index is 13.2. The van der Waals surface area contributed by atoms with Crippen molar-refractivity contribution in [3.63, 3.8) is 0 Å². The second kappa shape index (κ2) is 12.4. The van der Waals surface area contributed by atoms with Crippen molar-refractivity contribution in [2.45, 2.75) is 45.1 Å². The lowest BCUT2D eigenvalue weighted by Crippen LogP contribution is -2.36. The molecule has 1 aromatic heterocycles. The van der Waals surface area contributed by atoms with E-state index in [9.17, 15) is 9.59 Å². The first kappa shape index (κ1) is 28.1. The Labute approximate surface area is 240 Å². The zero-order valence-corrected chi connectivity index (χ0v) is 24.1.